The van der Waals surface area contributed by atoms with Crippen LogP contribution in [0.25, 0.3) is 0 Å². The third-order valence-electron chi connectivity index (χ3n) is 4.89. The number of piperazine rings is 2. The average molecular weight is 281 g/mol. The van der Waals surface area contributed by atoms with Crippen molar-refractivity contribution in [1.82, 2.24) is 14.7 Å². The normalized spacial score (nSPS) is 29.3. The third-order valence-corrected chi connectivity index (χ3v) is 4.89. The minimum Gasteiger partial charge on any atom is -0.384 e. The van der Waals surface area contributed by atoms with Gasteiger partial charge < -0.3 is 14.5 Å². The van der Waals surface area contributed by atoms with E-state index >= 15 is 0 Å². The number of fused-ring (bicyclic) bond motifs is 1. The highest BCUT2D eigenvalue weighted by atomic mass is 16.5. The van der Waals surface area contributed by atoms with Gasteiger partial charge in [0.05, 0.1) is 12.0 Å². The van der Waals surface area contributed by atoms with Crippen molar-refractivity contribution in [2.45, 2.75) is 18.9 Å². The molecule has 2 heterocycles. The van der Waals surface area contributed by atoms with Gasteiger partial charge in [-0.2, -0.15) is 0 Å². The van der Waals surface area contributed by atoms with Crippen LogP contribution < -0.4 is 0 Å². The van der Waals surface area contributed by atoms with Crippen LogP contribution in [0.5, 0.6) is 0 Å². The number of hydrogen-bond acceptors (Lipinski definition) is 4. The quantitative estimate of drug-likeness (QED) is 0.693. The van der Waals surface area contributed by atoms with Crippen molar-refractivity contribution < 1.29 is 14.3 Å². The Labute approximate surface area is 119 Å². The molecule has 1 aliphatic carbocycles. The molecule has 0 aromatic rings. The molecular weight excluding hydrogens is 258 g/mol. The SMILES string of the molecule is COCC1(C(=O)N2CCN3CCN(C)C(=O)[C@H]3C2)CC1. The van der Waals surface area contributed by atoms with E-state index in [9.17, 15) is 9.59 Å². The molecule has 3 fully saturated rings. The third kappa shape index (κ3) is 2.20. The van der Waals surface area contributed by atoms with Gasteiger partial charge >= 0.3 is 0 Å². The van der Waals surface area contributed by atoms with Crippen LogP contribution in [0.15, 0.2) is 0 Å². The van der Waals surface area contributed by atoms with Crippen LogP contribution in [0.1, 0.15) is 12.8 Å². The van der Waals surface area contributed by atoms with Gasteiger partial charge in [-0.25, -0.2) is 0 Å². The highest BCUT2D eigenvalue weighted by molar-refractivity contribution is 5.88. The van der Waals surface area contributed by atoms with Crippen LogP contribution in [0.3, 0.4) is 0 Å². The van der Waals surface area contributed by atoms with E-state index in [-0.39, 0.29) is 23.3 Å². The summed E-state index contributed by atoms with van der Waals surface area (Å²) in [6.07, 6.45) is 1.83. The molecule has 2 saturated heterocycles. The van der Waals surface area contributed by atoms with Crippen molar-refractivity contribution in [3.8, 4) is 0 Å². The number of methoxy groups -OCH3 is 1. The topological polar surface area (TPSA) is 53.1 Å². The molecule has 2 aliphatic heterocycles. The molecule has 3 rings (SSSR count). The van der Waals surface area contributed by atoms with Gasteiger partial charge in [0.15, 0.2) is 0 Å². The summed E-state index contributed by atoms with van der Waals surface area (Å²) in [5, 5.41) is 0. The van der Waals surface area contributed by atoms with Gasteiger partial charge in [0.2, 0.25) is 11.8 Å². The predicted octanol–water partition coefficient (Wildman–Crippen LogP) is -0.602. The molecule has 1 saturated carbocycles. The summed E-state index contributed by atoms with van der Waals surface area (Å²) in [5.41, 5.74) is -0.291. The van der Waals surface area contributed by atoms with Gasteiger partial charge in [0.1, 0.15) is 6.04 Å². The molecule has 0 aromatic heterocycles. The van der Waals surface area contributed by atoms with Gasteiger partial charge in [0, 0.05) is 46.9 Å². The Morgan fingerprint density at radius 3 is 2.65 bits per heavy atom. The Balaban J connectivity index is 1.68. The Morgan fingerprint density at radius 2 is 2.00 bits per heavy atom. The van der Waals surface area contributed by atoms with Gasteiger partial charge in [-0.1, -0.05) is 0 Å². The summed E-state index contributed by atoms with van der Waals surface area (Å²) in [6, 6.07) is -0.148. The van der Waals surface area contributed by atoms with Crippen LogP contribution in [0, 0.1) is 5.41 Å². The standard InChI is InChI=1S/C14H23N3O3/c1-15-5-6-16-7-8-17(9-11(16)12(15)18)13(19)14(3-4-14)10-20-2/h11H,3-10H2,1-2H3/t11-/m1/s1. The minimum atomic E-state index is -0.291. The maximum absolute atomic E-state index is 12.6. The molecule has 3 aliphatic rings. The Bertz CT molecular complexity index is 422. The van der Waals surface area contributed by atoms with E-state index in [0.717, 1.165) is 39.0 Å². The van der Waals surface area contributed by atoms with Gasteiger partial charge in [-0.3, -0.25) is 14.5 Å². The van der Waals surface area contributed by atoms with Crippen LogP contribution in [0.4, 0.5) is 0 Å². The zero-order valence-corrected chi connectivity index (χ0v) is 12.3. The van der Waals surface area contributed by atoms with Gasteiger partial charge in [0.25, 0.3) is 0 Å². The lowest BCUT2D eigenvalue weighted by atomic mass is 10.0. The first kappa shape index (κ1) is 13.8. The summed E-state index contributed by atoms with van der Waals surface area (Å²) in [4.78, 5) is 30.7. The number of ether oxygens (including phenoxy) is 1. The maximum Gasteiger partial charge on any atom is 0.241 e. The van der Waals surface area contributed by atoms with E-state index in [1.165, 1.54) is 0 Å². The van der Waals surface area contributed by atoms with Gasteiger partial charge in [-0.15, -0.1) is 0 Å². The average Bonchev–Trinajstić information content (AvgIpc) is 3.23. The Hall–Kier alpha value is -1.14. The summed E-state index contributed by atoms with van der Waals surface area (Å²) >= 11 is 0. The molecule has 0 spiro atoms. The largest absolute Gasteiger partial charge is 0.384 e. The van der Waals surface area contributed by atoms with Crippen LogP contribution in [0.2, 0.25) is 0 Å². The Morgan fingerprint density at radius 1 is 1.30 bits per heavy atom. The van der Waals surface area contributed by atoms with E-state index in [4.69, 9.17) is 4.74 Å². The number of carbonyl (C=O) groups is 2. The first-order chi connectivity index (χ1) is 9.57. The monoisotopic (exact) mass is 281 g/mol. The van der Waals surface area contributed by atoms with Gasteiger partial charge in [-0.05, 0) is 12.8 Å². The van der Waals surface area contributed by atoms with E-state index in [1.54, 1.807) is 12.0 Å². The lowest BCUT2D eigenvalue weighted by Crippen LogP contribution is -2.65. The smallest absolute Gasteiger partial charge is 0.241 e. The number of likely N-dealkylation sites (N-methyl/N-ethyl adjacent to an activating group) is 1. The summed E-state index contributed by atoms with van der Waals surface area (Å²) in [7, 11) is 3.48. The molecule has 0 unspecified atom stereocenters. The lowest BCUT2D eigenvalue weighted by Gasteiger charge is -2.46. The molecule has 6 heteroatoms. The molecule has 2 amide bonds. The van der Waals surface area contributed by atoms with E-state index in [1.807, 2.05) is 11.9 Å². The first-order valence-corrected chi connectivity index (χ1v) is 7.35. The molecule has 0 radical (unpaired) electrons. The second kappa shape index (κ2) is 5.00. The highest BCUT2D eigenvalue weighted by Gasteiger charge is 2.53. The zero-order valence-electron chi connectivity index (χ0n) is 12.3. The lowest BCUT2D eigenvalue weighted by molar-refractivity contribution is -0.150. The summed E-state index contributed by atoms with van der Waals surface area (Å²) in [5.74, 6) is 0.324. The Kier molecular flexibility index (Phi) is 3.46. The van der Waals surface area contributed by atoms with Crippen molar-refractivity contribution in [2.24, 2.45) is 5.41 Å². The summed E-state index contributed by atoms with van der Waals surface area (Å²) in [6.45, 7) is 4.28. The van der Waals surface area contributed by atoms with Crippen molar-refractivity contribution in [3.63, 3.8) is 0 Å². The second-order valence-corrected chi connectivity index (χ2v) is 6.28. The van der Waals surface area contributed by atoms with E-state index in [0.29, 0.717) is 13.2 Å². The number of nitrogens with zero attached hydrogens (tertiary/aromatic N) is 3. The first-order valence-electron chi connectivity index (χ1n) is 7.35. The fourth-order valence-corrected chi connectivity index (χ4v) is 3.33. The van der Waals surface area contributed by atoms with Crippen molar-refractivity contribution in [1.29, 1.82) is 0 Å². The number of amides is 2. The molecule has 6 nitrogen and oxygen atoms in total. The number of carbonyl (C=O) groups excluding carboxylic acids is 2. The number of hydrogen-bond donors (Lipinski definition) is 0. The zero-order chi connectivity index (χ0) is 14.3. The fraction of sp³-hybridized carbons (Fsp3) is 0.857. The van der Waals surface area contributed by atoms with Crippen molar-refractivity contribution >= 4 is 11.8 Å². The van der Waals surface area contributed by atoms with Crippen LogP contribution in [-0.2, 0) is 14.3 Å². The maximum atomic E-state index is 12.6. The van der Waals surface area contributed by atoms with Crippen LogP contribution in [-0.4, -0.2) is 86.0 Å². The molecule has 0 bridgehead atoms. The summed E-state index contributed by atoms with van der Waals surface area (Å²) < 4.78 is 5.19. The van der Waals surface area contributed by atoms with E-state index < -0.39 is 0 Å². The van der Waals surface area contributed by atoms with Crippen molar-refractivity contribution in [3.05, 3.63) is 0 Å². The minimum absolute atomic E-state index is 0.144. The number of rotatable bonds is 3. The molecular formula is C14H23N3O3. The predicted molar refractivity (Wildman–Crippen MR) is 73.1 cm³/mol. The molecule has 112 valence electrons. The second-order valence-electron chi connectivity index (χ2n) is 6.28. The molecule has 20 heavy (non-hydrogen) atoms. The molecule has 0 aromatic carbocycles. The fourth-order valence-electron chi connectivity index (χ4n) is 3.33. The van der Waals surface area contributed by atoms with E-state index in [2.05, 4.69) is 4.90 Å². The van der Waals surface area contributed by atoms with Crippen molar-refractivity contribution in [2.75, 3.05) is 53.5 Å². The highest BCUT2D eigenvalue weighted by Crippen LogP contribution is 2.47. The molecule has 1 atom stereocenters. The molecule has 0 N–H and O–H groups in total. The van der Waals surface area contributed by atoms with Crippen LogP contribution >= 0.6 is 0 Å².